The quantitative estimate of drug-likeness (QED) is 0.390. The third-order valence-electron chi connectivity index (χ3n) is 3.61. The van der Waals surface area contributed by atoms with Gasteiger partial charge in [0.2, 0.25) is 0 Å². The summed E-state index contributed by atoms with van der Waals surface area (Å²) in [5, 5.41) is 16.4. The summed E-state index contributed by atoms with van der Waals surface area (Å²) >= 11 is 2.27. The number of anilines is 1. The van der Waals surface area contributed by atoms with E-state index >= 15 is 0 Å². The summed E-state index contributed by atoms with van der Waals surface area (Å²) in [7, 11) is 0. The second-order valence-electron chi connectivity index (χ2n) is 5.32. The van der Waals surface area contributed by atoms with E-state index in [2.05, 4.69) is 59.0 Å². The monoisotopic (exact) mass is 450 g/mol. The Balaban J connectivity index is 0.000000240. The first-order valence-corrected chi connectivity index (χ1v) is 9.15. The molecule has 0 spiro atoms. The standard InChI is InChI=1S/C10H14N2.C9H9IN2.CH4/c1-3-12-10-7-5-4-6-9(10)8(2)11;1-2-12-8-6-4-3-5-7(8)9(10)11-12;/h4-7,11-12H,3H2,1-2H3;3-6H,2H2,1H3;1H4. The summed E-state index contributed by atoms with van der Waals surface area (Å²) in [6.07, 6.45) is 0. The van der Waals surface area contributed by atoms with Crippen molar-refractivity contribution in [1.82, 2.24) is 9.78 Å². The van der Waals surface area contributed by atoms with Crippen LogP contribution in [0.4, 0.5) is 5.69 Å². The van der Waals surface area contributed by atoms with E-state index in [4.69, 9.17) is 5.41 Å². The van der Waals surface area contributed by atoms with Gasteiger partial charge in [-0.3, -0.25) is 4.68 Å². The lowest BCUT2D eigenvalue weighted by molar-refractivity contribution is 0.678. The second-order valence-corrected chi connectivity index (χ2v) is 6.35. The van der Waals surface area contributed by atoms with Gasteiger partial charge in [-0.15, -0.1) is 0 Å². The van der Waals surface area contributed by atoms with Gasteiger partial charge in [-0.25, -0.2) is 0 Å². The highest BCUT2D eigenvalue weighted by molar-refractivity contribution is 14.1. The average molecular weight is 450 g/mol. The van der Waals surface area contributed by atoms with E-state index in [1.807, 2.05) is 41.1 Å². The van der Waals surface area contributed by atoms with Crippen LogP contribution in [0, 0.1) is 9.11 Å². The number of hydrogen-bond donors (Lipinski definition) is 2. The van der Waals surface area contributed by atoms with Crippen LogP contribution < -0.4 is 5.32 Å². The number of halogens is 1. The highest BCUT2D eigenvalue weighted by Crippen LogP contribution is 2.19. The van der Waals surface area contributed by atoms with Gasteiger partial charge in [-0.05, 0) is 55.5 Å². The van der Waals surface area contributed by atoms with Crippen LogP contribution in [0.5, 0.6) is 0 Å². The minimum atomic E-state index is 0. The molecular weight excluding hydrogens is 423 g/mol. The van der Waals surface area contributed by atoms with Gasteiger partial charge in [-0.1, -0.05) is 43.8 Å². The van der Waals surface area contributed by atoms with Gasteiger partial charge in [0.15, 0.2) is 0 Å². The summed E-state index contributed by atoms with van der Waals surface area (Å²) in [6.45, 7) is 7.79. The van der Waals surface area contributed by atoms with Crippen LogP contribution >= 0.6 is 22.6 Å². The molecule has 0 atom stereocenters. The van der Waals surface area contributed by atoms with Gasteiger partial charge in [0.25, 0.3) is 0 Å². The summed E-state index contributed by atoms with van der Waals surface area (Å²) in [5.74, 6) is 0. The number of aromatic nitrogens is 2. The molecule has 134 valence electrons. The van der Waals surface area contributed by atoms with Gasteiger partial charge in [0.1, 0.15) is 3.70 Å². The molecule has 5 heteroatoms. The van der Waals surface area contributed by atoms with E-state index in [0.717, 1.165) is 28.0 Å². The highest BCUT2D eigenvalue weighted by Gasteiger charge is 2.04. The van der Waals surface area contributed by atoms with Gasteiger partial charge < -0.3 is 10.7 Å². The number of nitrogens with one attached hydrogen (secondary N) is 2. The number of aryl methyl sites for hydroxylation is 1. The van der Waals surface area contributed by atoms with Crippen molar-refractivity contribution in [3.05, 3.63) is 57.8 Å². The lowest BCUT2D eigenvalue weighted by Crippen LogP contribution is -2.03. The Labute approximate surface area is 164 Å². The molecule has 3 aromatic rings. The maximum Gasteiger partial charge on any atom is 0.131 e. The predicted octanol–water partition coefficient (Wildman–Crippen LogP) is 5.80. The fourth-order valence-electron chi connectivity index (χ4n) is 2.48. The molecule has 0 saturated heterocycles. The molecule has 1 aromatic heterocycles. The molecule has 0 aliphatic heterocycles. The number of benzene rings is 2. The Morgan fingerprint density at radius 3 is 2.40 bits per heavy atom. The third kappa shape index (κ3) is 5.29. The van der Waals surface area contributed by atoms with Crippen LogP contribution in [0.25, 0.3) is 10.9 Å². The number of hydrogen-bond acceptors (Lipinski definition) is 3. The summed E-state index contributed by atoms with van der Waals surface area (Å²) in [6, 6.07) is 16.2. The molecule has 2 aromatic carbocycles. The first kappa shape index (κ1) is 21.2. The largest absolute Gasteiger partial charge is 0.385 e. The zero-order chi connectivity index (χ0) is 17.5. The lowest BCUT2D eigenvalue weighted by atomic mass is 10.1. The average Bonchev–Trinajstić information content (AvgIpc) is 2.93. The van der Waals surface area contributed by atoms with Crippen LogP contribution in [0.15, 0.2) is 48.5 Å². The van der Waals surface area contributed by atoms with Gasteiger partial charge in [0.05, 0.1) is 5.52 Å². The molecule has 0 aliphatic rings. The Bertz CT molecular complexity index is 823. The first-order chi connectivity index (χ1) is 11.6. The van der Waals surface area contributed by atoms with Crippen molar-refractivity contribution in [2.75, 3.05) is 11.9 Å². The molecule has 3 rings (SSSR count). The fourth-order valence-corrected chi connectivity index (χ4v) is 3.20. The molecule has 0 saturated carbocycles. The van der Waals surface area contributed by atoms with Crippen molar-refractivity contribution >= 4 is 44.9 Å². The Morgan fingerprint density at radius 1 is 1.12 bits per heavy atom. The Morgan fingerprint density at radius 2 is 1.76 bits per heavy atom. The van der Waals surface area contributed by atoms with Crippen LogP contribution in [-0.4, -0.2) is 22.0 Å². The predicted molar refractivity (Wildman–Crippen MR) is 118 cm³/mol. The van der Waals surface area contributed by atoms with Gasteiger partial charge >= 0.3 is 0 Å². The number of fused-ring (bicyclic) bond motifs is 1. The zero-order valence-electron chi connectivity index (χ0n) is 14.3. The van der Waals surface area contributed by atoms with Crippen molar-refractivity contribution in [3.8, 4) is 0 Å². The van der Waals surface area contributed by atoms with E-state index in [0.29, 0.717) is 5.71 Å². The maximum atomic E-state index is 7.51. The van der Waals surface area contributed by atoms with Crippen molar-refractivity contribution in [2.24, 2.45) is 0 Å². The minimum Gasteiger partial charge on any atom is -0.385 e. The van der Waals surface area contributed by atoms with E-state index in [1.54, 1.807) is 6.92 Å². The minimum absolute atomic E-state index is 0. The van der Waals surface area contributed by atoms with Crippen LogP contribution in [0.1, 0.15) is 33.8 Å². The zero-order valence-corrected chi connectivity index (χ0v) is 16.5. The molecule has 0 aliphatic carbocycles. The molecule has 25 heavy (non-hydrogen) atoms. The Kier molecular flexibility index (Phi) is 8.61. The van der Waals surface area contributed by atoms with Crippen molar-refractivity contribution in [1.29, 1.82) is 5.41 Å². The summed E-state index contributed by atoms with van der Waals surface area (Å²) in [4.78, 5) is 0. The fraction of sp³-hybridized carbons (Fsp3) is 0.300. The van der Waals surface area contributed by atoms with Crippen molar-refractivity contribution < 1.29 is 0 Å². The summed E-state index contributed by atoms with van der Waals surface area (Å²) < 4.78 is 3.11. The van der Waals surface area contributed by atoms with Gasteiger partial charge in [-0.2, -0.15) is 5.10 Å². The topological polar surface area (TPSA) is 53.7 Å². The van der Waals surface area contributed by atoms with E-state index in [-0.39, 0.29) is 7.43 Å². The third-order valence-corrected chi connectivity index (χ3v) is 4.41. The normalized spacial score (nSPS) is 9.76. The molecular formula is C20H27IN4. The second kappa shape index (κ2) is 10.2. The SMILES string of the molecule is C.CCNc1ccccc1C(C)=N.CCn1nc(I)c2ccccc21. The molecule has 0 amide bonds. The van der Waals surface area contributed by atoms with Gasteiger partial charge in [0, 0.05) is 35.4 Å². The van der Waals surface area contributed by atoms with Crippen LogP contribution in [-0.2, 0) is 6.54 Å². The molecule has 0 radical (unpaired) electrons. The maximum absolute atomic E-state index is 7.51. The first-order valence-electron chi connectivity index (χ1n) is 8.07. The molecule has 4 nitrogen and oxygen atoms in total. The highest BCUT2D eigenvalue weighted by atomic mass is 127. The lowest BCUT2D eigenvalue weighted by Gasteiger charge is -2.08. The number of para-hydroxylation sites is 2. The van der Waals surface area contributed by atoms with E-state index in [1.165, 1.54) is 10.9 Å². The van der Waals surface area contributed by atoms with E-state index in [9.17, 15) is 0 Å². The molecule has 0 bridgehead atoms. The number of nitrogens with zero attached hydrogens (tertiary/aromatic N) is 2. The molecule has 0 fully saturated rings. The van der Waals surface area contributed by atoms with Crippen molar-refractivity contribution in [2.45, 2.75) is 34.7 Å². The molecule has 1 heterocycles. The smallest absolute Gasteiger partial charge is 0.131 e. The molecule has 0 unspecified atom stereocenters. The Hall–Kier alpha value is -1.89. The molecule has 2 N–H and O–H groups in total. The van der Waals surface area contributed by atoms with E-state index < -0.39 is 0 Å². The van der Waals surface area contributed by atoms with Crippen molar-refractivity contribution in [3.63, 3.8) is 0 Å². The van der Waals surface area contributed by atoms with Crippen LogP contribution in [0.2, 0.25) is 0 Å². The van der Waals surface area contributed by atoms with Crippen LogP contribution in [0.3, 0.4) is 0 Å². The number of rotatable bonds is 4. The summed E-state index contributed by atoms with van der Waals surface area (Å²) in [5.41, 5.74) is 3.86.